The molecule has 1 aromatic heterocycles. The molecule has 0 aliphatic carbocycles. The van der Waals surface area contributed by atoms with Crippen LogP contribution >= 0.6 is 11.3 Å². The lowest BCUT2D eigenvalue weighted by molar-refractivity contribution is -0.119. The van der Waals surface area contributed by atoms with Crippen molar-refractivity contribution in [1.29, 1.82) is 0 Å². The van der Waals surface area contributed by atoms with Crippen LogP contribution in [0.2, 0.25) is 0 Å². The van der Waals surface area contributed by atoms with E-state index in [-0.39, 0.29) is 17.8 Å². The molecule has 1 saturated heterocycles. The number of thiophene rings is 1. The number of anilines is 1. The Balaban J connectivity index is 2.01. The molecular weight excluding hydrogens is 276 g/mol. The van der Waals surface area contributed by atoms with Crippen molar-refractivity contribution >= 4 is 28.2 Å². The first-order chi connectivity index (χ1) is 9.51. The maximum atomic E-state index is 12.1. The molecule has 2 rings (SSSR count). The minimum atomic E-state index is -0.323. The summed E-state index contributed by atoms with van der Waals surface area (Å²) in [6, 6.07) is 1.83. The van der Waals surface area contributed by atoms with E-state index >= 15 is 0 Å². The maximum Gasteiger partial charge on any atom is 0.348 e. The summed E-state index contributed by atoms with van der Waals surface area (Å²) in [5.74, 6) is -0.254. The summed E-state index contributed by atoms with van der Waals surface area (Å²) in [6.07, 6.45) is 0.886. The molecule has 1 amide bonds. The van der Waals surface area contributed by atoms with Gasteiger partial charge < -0.3 is 15.0 Å². The molecule has 1 atom stereocenters. The van der Waals surface area contributed by atoms with E-state index < -0.39 is 0 Å². The van der Waals surface area contributed by atoms with E-state index in [2.05, 4.69) is 10.2 Å². The highest BCUT2D eigenvalue weighted by atomic mass is 32.1. The van der Waals surface area contributed by atoms with Crippen LogP contribution < -0.4 is 5.32 Å². The van der Waals surface area contributed by atoms with Crippen LogP contribution in [0.3, 0.4) is 0 Å². The SMILES string of the molecule is CCOC(=O)c1sc(NC(=O)C2CCN(C)C2)cc1C. The van der Waals surface area contributed by atoms with Crippen molar-refractivity contribution in [3.05, 3.63) is 16.5 Å². The number of carbonyl (C=O) groups is 2. The largest absolute Gasteiger partial charge is 0.462 e. The highest BCUT2D eigenvalue weighted by molar-refractivity contribution is 7.18. The van der Waals surface area contributed by atoms with Crippen LogP contribution in [0.5, 0.6) is 0 Å². The van der Waals surface area contributed by atoms with Crippen LogP contribution in [0.1, 0.15) is 28.6 Å². The van der Waals surface area contributed by atoms with Gasteiger partial charge in [0.05, 0.1) is 17.5 Å². The summed E-state index contributed by atoms with van der Waals surface area (Å²) in [6.45, 7) is 5.73. The molecule has 1 unspecified atom stereocenters. The molecule has 2 heterocycles. The maximum absolute atomic E-state index is 12.1. The number of carbonyl (C=O) groups excluding carboxylic acids is 2. The number of esters is 1. The summed E-state index contributed by atoms with van der Waals surface area (Å²) in [4.78, 5) is 26.6. The minimum Gasteiger partial charge on any atom is -0.462 e. The molecule has 1 fully saturated rings. The molecule has 1 aliphatic heterocycles. The number of amides is 1. The summed E-state index contributed by atoms with van der Waals surface area (Å²) < 4.78 is 4.99. The van der Waals surface area contributed by atoms with Crippen LogP contribution in [0.4, 0.5) is 5.00 Å². The Hall–Kier alpha value is -1.40. The van der Waals surface area contributed by atoms with E-state index in [1.807, 2.05) is 20.0 Å². The quantitative estimate of drug-likeness (QED) is 0.865. The molecular formula is C14H20N2O3S. The van der Waals surface area contributed by atoms with E-state index in [4.69, 9.17) is 4.74 Å². The second kappa shape index (κ2) is 6.37. The average molecular weight is 296 g/mol. The molecule has 1 aliphatic rings. The summed E-state index contributed by atoms with van der Waals surface area (Å²) in [7, 11) is 2.02. The van der Waals surface area contributed by atoms with Crippen LogP contribution in [0.25, 0.3) is 0 Å². The van der Waals surface area contributed by atoms with Gasteiger partial charge in [-0.2, -0.15) is 0 Å². The van der Waals surface area contributed by atoms with Gasteiger partial charge in [0.1, 0.15) is 4.88 Å². The van der Waals surface area contributed by atoms with Crippen LogP contribution in [0, 0.1) is 12.8 Å². The van der Waals surface area contributed by atoms with E-state index in [0.717, 1.165) is 25.1 Å². The Morgan fingerprint density at radius 2 is 2.30 bits per heavy atom. The van der Waals surface area contributed by atoms with Crippen LogP contribution in [0.15, 0.2) is 6.07 Å². The van der Waals surface area contributed by atoms with Gasteiger partial charge in [0.2, 0.25) is 5.91 Å². The molecule has 0 saturated carbocycles. The van der Waals surface area contributed by atoms with Crippen molar-refractivity contribution in [1.82, 2.24) is 4.90 Å². The Kier molecular flexibility index (Phi) is 4.77. The number of nitrogens with zero attached hydrogens (tertiary/aromatic N) is 1. The van der Waals surface area contributed by atoms with Gasteiger partial charge in [-0.05, 0) is 45.5 Å². The molecule has 110 valence electrons. The molecule has 6 heteroatoms. The lowest BCUT2D eigenvalue weighted by Crippen LogP contribution is -2.25. The van der Waals surface area contributed by atoms with Crippen molar-refractivity contribution in [2.24, 2.45) is 5.92 Å². The van der Waals surface area contributed by atoms with Crippen LogP contribution in [-0.4, -0.2) is 43.5 Å². The predicted molar refractivity (Wildman–Crippen MR) is 79.2 cm³/mol. The third-order valence-electron chi connectivity index (χ3n) is 3.39. The number of hydrogen-bond donors (Lipinski definition) is 1. The fourth-order valence-electron chi connectivity index (χ4n) is 2.32. The molecule has 0 aromatic carbocycles. The fourth-order valence-corrected chi connectivity index (χ4v) is 3.28. The number of rotatable bonds is 4. The third kappa shape index (κ3) is 3.37. The third-order valence-corrected chi connectivity index (χ3v) is 4.52. The lowest BCUT2D eigenvalue weighted by Gasteiger charge is -2.09. The predicted octanol–water partition coefficient (Wildman–Crippen LogP) is 2.12. The van der Waals surface area contributed by atoms with Crippen LogP contribution in [-0.2, 0) is 9.53 Å². The number of ether oxygens (including phenoxy) is 1. The zero-order valence-corrected chi connectivity index (χ0v) is 12.9. The molecule has 1 aromatic rings. The van der Waals surface area contributed by atoms with Gasteiger partial charge in [-0.25, -0.2) is 4.79 Å². The second-order valence-corrected chi connectivity index (χ2v) is 6.13. The van der Waals surface area contributed by atoms with Gasteiger partial charge in [-0.15, -0.1) is 11.3 Å². The Morgan fingerprint density at radius 3 is 2.90 bits per heavy atom. The number of aryl methyl sites for hydroxylation is 1. The normalized spacial score (nSPS) is 19.1. The molecule has 5 nitrogen and oxygen atoms in total. The van der Waals surface area contributed by atoms with E-state index in [0.29, 0.717) is 16.5 Å². The van der Waals surface area contributed by atoms with Gasteiger partial charge in [-0.1, -0.05) is 0 Å². The average Bonchev–Trinajstić information content (AvgIpc) is 2.96. The van der Waals surface area contributed by atoms with Crippen molar-refractivity contribution < 1.29 is 14.3 Å². The van der Waals surface area contributed by atoms with Gasteiger partial charge >= 0.3 is 5.97 Å². The number of hydrogen-bond acceptors (Lipinski definition) is 5. The van der Waals surface area contributed by atoms with Crippen molar-refractivity contribution in [3.8, 4) is 0 Å². The highest BCUT2D eigenvalue weighted by Crippen LogP contribution is 2.28. The zero-order chi connectivity index (χ0) is 14.7. The Morgan fingerprint density at radius 1 is 1.55 bits per heavy atom. The van der Waals surface area contributed by atoms with Crippen molar-refractivity contribution in [3.63, 3.8) is 0 Å². The van der Waals surface area contributed by atoms with E-state index in [1.54, 1.807) is 6.92 Å². The molecule has 1 N–H and O–H groups in total. The van der Waals surface area contributed by atoms with Gasteiger partial charge in [0.25, 0.3) is 0 Å². The highest BCUT2D eigenvalue weighted by Gasteiger charge is 2.26. The first-order valence-electron chi connectivity index (χ1n) is 6.78. The molecule has 0 spiro atoms. The topological polar surface area (TPSA) is 58.6 Å². The minimum absolute atomic E-state index is 0.0333. The lowest BCUT2D eigenvalue weighted by atomic mass is 10.1. The second-order valence-electron chi connectivity index (χ2n) is 5.08. The first kappa shape index (κ1) is 15.0. The van der Waals surface area contributed by atoms with Crippen molar-refractivity contribution in [2.75, 3.05) is 32.1 Å². The van der Waals surface area contributed by atoms with E-state index in [1.165, 1.54) is 11.3 Å². The Bertz CT molecular complexity index is 513. The van der Waals surface area contributed by atoms with Gasteiger partial charge in [-0.3, -0.25) is 4.79 Å². The standard InChI is InChI=1S/C14H20N2O3S/c1-4-19-14(18)12-9(2)7-11(20-12)15-13(17)10-5-6-16(3)8-10/h7,10H,4-6,8H2,1-3H3,(H,15,17). The summed E-state index contributed by atoms with van der Waals surface area (Å²) in [5, 5.41) is 3.62. The fraction of sp³-hybridized carbons (Fsp3) is 0.571. The monoisotopic (exact) mass is 296 g/mol. The molecule has 20 heavy (non-hydrogen) atoms. The summed E-state index contributed by atoms with van der Waals surface area (Å²) >= 11 is 1.28. The molecule has 0 bridgehead atoms. The van der Waals surface area contributed by atoms with E-state index in [9.17, 15) is 9.59 Å². The van der Waals surface area contributed by atoms with Gasteiger partial charge in [0.15, 0.2) is 0 Å². The Labute approximate surface area is 122 Å². The van der Waals surface area contributed by atoms with Crippen molar-refractivity contribution in [2.45, 2.75) is 20.3 Å². The van der Waals surface area contributed by atoms with Gasteiger partial charge in [0, 0.05) is 6.54 Å². The molecule has 0 radical (unpaired) electrons. The first-order valence-corrected chi connectivity index (χ1v) is 7.60. The summed E-state index contributed by atoms with van der Waals surface area (Å²) in [5.41, 5.74) is 0.840. The number of nitrogens with one attached hydrogen (secondary N) is 1. The zero-order valence-electron chi connectivity index (χ0n) is 12.1. The smallest absolute Gasteiger partial charge is 0.348 e. The number of likely N-dealkylation sites (tertiary alicyclic amines) is 1.